The molecular formula is C17H36IN4-. The van der Waals surface area contributed by atoms with Gasteiger partial charge in [0.05, 0.1) is 0 Å². The standard InChI is InChI=1S/C17H36IN4/c1-13-11-21-16-6-4-5-7-17(16)22-12-15(3)20-9-8-19-14(2)10-18-13/h13-17,19-22H,4-12H2,1-3H3/q-1/t13-,14+,15-,16?,17?/m0/s1. The molecule has 1 heterocycles. The zero-order chi connectivity index (χ0) is 15.8. The zero-order valence-electron chi connectivity index (χ0n) is 14.6. The van der Waals surface area contributed by atoms with Gasteiger partial charge in [-0.15, -0.1) is 0 Å². The maximum absolute atomic E-state index is 3.89. The zero-order valence-corrected chi connectivity index (χ0v) is 16.8. The summed E-state index contributed by atoms with van der Waals surface area (Å²) in [4.78, 5) is 0. The number of hydrogen-bond acceptors (Lipinski definition) is 4. The van der Waals surface area contributed by atoms with Gasteiger partial charge in [-0.2, -0.15) is 0 Å². The molecule has 0 aromatic rings. The molecule has 2 aliphatic rings. The van der Waals surface area contributed by atoms with Crippen LogP contribution < -0.4 is 42.5 Å². The summed E-state index contributed by atoms with van der Waals surface area (Å²) in [7, 11) is 0. The first-order valence-corrected chi connectivity index (χ1v) is 11.9. The first kappa shape index (κ1) is 18.9. The van der Waals surface area contributed by atoms with E-state index in [0.29, 0.717) is 45.4 Å². The van der Waals surface area contributed by atoms with Crippen molar-refractivity contribution in [3.63, 3.8) is 0 Å². The van der Waals surface area contributed by atoms with E-state index in [1.165, 1.54) is 36.7 Å². The topological polar surface area (TPSA) is 48.1 Å². The molecule has 132 valence electrons. The second-order valence-corrected chi connectivity index (χ2v) is 11.0. The van der Waals surface area contributed by atoms with Crippen LogP contribution in [-0.4, -0.2) is 58.7 Å². The number of nitrogens with one attached hydrogen (secondary N) is 4. The number of fused-ring (bicyclic) bond motifs is 1. The van der Waals surface area contributed by atoms with Crippen LogP contribution in [-0.2, 0) is 0 Å². The van der Waals surface area contributed by atoms with Crippen LogP contribution in [0.3, 0.4) is 0 Å². The van der Waals surface area contributed by atoms with E-state index in [0.717, 1.165) is 23.6 Å². The molecule has 0 radical (unpaired) electrons. The Morgan fingerprint density at radius 2 is 1.32 bits per heavy atom. The number of rotatable bonds is 0. The third-order valence-corrected chi connectivity index (χ3v) is 8.58. The normalized spacial score (nSPS) is 40.6. The van der Waals surface area contributed by atoms with Gasteiger partial charge in [0.15, 0.2) is 0 Å². The number of hydrogen-bond donors (Lipinski definition) is 4. The summed E-state index contributed by atoms with van der Waals surface area (Å²) in [6.45, 7) is 11.6. The minimum atomic E-state index is 0.292. The molecular weight excluding hydrogens is 387 g/mol. The van der Waals surface area contributed by atoms with Gasteiger partial charge in [0.25, 0.3) is 0 Å². The minimum absolute atomic E-state index is 0.292. The second kappa shape index (κ2) is 10.4. The molecule has 1 saturated carbocycles. The third-order valence-electron chi connectivity index (χ3n) is 4.81. The van der Waals surface area contributed by atoms with Gasteiger partial charge in [0.1, 0.15) is 0 Å². The fourth-order valence-electron chi connectivity index (χ4n) is 3.37. The van der Waals surface area contributed by atoms with Gasteiger partial charge in [0, 0.05) is 0 Å². The molecule has 2 unspecified atom stereocenters. The van der Waals surface area contributed by atoms with Crippen molar-refractivity contribution in [2.45, 2.75) is 74.5 Å². The molecule has 0 aromatic heterocycles. The second-order valence-electron chi connectivity index (χ2n) is 7.11. The van der Waals surface area contributed by atoms with Gasteiger partial charge in [-0.25, -0.2) is 0 Å². The summed E-state index contributed by atoms with van der Waals surface area (Å²) in [5, 5.41) is 15.0. The van der Waals surface area contributed by atoms with Gasteiger partial charge >= 0.3 is 148 Å². The fraction of sp³-hybridized carbons (Fsp3) is 1.00. The van der Waals surface area contributed by atoms with Gasteiger partial charge in [-0.05, 0) is 0 Å². The van der Waals surface area contributed by atoms with E-state index in [9.17, 15) is 0 Å². The number of halogens is 1. The molecule has 0 spiro atoms. The van der Waals surface area contributed by atoms with Crippen molar-refractivity contribution in [3.05, 3.63) is 0 Å². The van der Waals surface area contributed by atoms with Crippen molar-refractivity contribution in [3.8, 4) is 0 Å². The average molecular weight is 423 g/mol. The molecule has 0 bridgehead atoms. The summed E-state index contributed by atoms with van der Waals surface area (Å²) in [5.41, 5.74) is 0. The average Bonchev–Trinajstić information content (AvgIpc) is 2.53. The van der Waals surface area contributed by atoms with E-state index in [-0.39, 0.29) is 0 Å². The Balaban J connectivity index is 1.88. The van der Waals surface area contributed by atoms with E-state index >= 15 is 0 Å². The molecule has 1 saturated heterocycles. The van der Waals surface area contributed by atoms with Crippen molar-refractivity contribution >= 4 is 0 Å². The molecule has 5 heteroatoms. The number of alkyl halides is 2. The summed E-state index contributed by atoms with van der Waals surface area (Å²) in [6, 6.07) is 2.59. The Hall–Kier alpha value is 0.570. The van der Waals surface area contributed by atoms with E-state index in [2.05, 4.69) is 42.0 Å². The van der Waals surface area contributed by atoms with Crippen LogP contribution in [0.15, 0.2) is 0 Å². The van der Waals surface area contributed by atoms with Gasteiger partial charge in [-0.1, -0.05) is 0 Å². The first-order valence-electron chi connectivity index (χ1n) is 9.16. The van der Waals surface area contributed by atoms with Gasteiger partial charge < -0.3 is 0 Å². The van der Waals surface area contributed by atoms with E-state index < -0.39 is 0 Å². The van der Waals surface area contributed by atoms with E-state index in [1.807, 2.05) is 0 Å². The van der Waals surface area contributed by atoms with E-state index in [4.69, 9.17) is 0 Å². The maximum atomic E-state index is 3.89. The van der Waals surface area contributed by atoms with Crippen molar-refractivity contribution in [2.24, 2.45) is 0 Å². The molecule has 1 aliphatic heterocycles. The SMILES string of the molecule is C[C@@H]1C[I-][C@@H](C)CNC2CCCCC2NC[C@H](C)NCCN1. The molecule has 1 aliphatic carbocycles. The van der Waals surface area contributed by atoms with Crippen molar-refractivity contribution in [2.75, 3.05) is 30.6 Å². The Morgan fingerprint density at radius 1 is 0.727 bits per heavy atom. The van der Waals surface area contributed by atoms with E-state index in [1.54, 1.807) is 0 Å². The van der Waals surface area contributed by atoms with Gasteiger partial charge in [0.2, 0.25) is 0 Å². The van der Waals surface area contributed by atoms with Crippen LogP contribution in [0, 0.1) is 0 Å². The molecule has 2 fully saturated rings. The Bertz CT molecular complexity index is 302. The molecule has 2 rings (SSSR count). The monoisotopic (exact) mass is 423 g/mol. The van der Waals surface area contributed by atoms with Crippen LogP contribution in [0.5, 0.6) is 0 Å². The summed E-state index contributed by atoms with van der Waals surface area (Å²) in [5.74, 6) is 0. The molecule has 4 nitrogen and oxygen atoms in total. The van der Waals surface area contributed by atoms with Crippen LogP contribution in [0.1, 0.15) is 46.5 Å². The van der Waals surface area contributed by atoms with Crippen LogP contribution in [0.25, 0.3) is 0 Å². The van der Waals surface area contributed by atoms with Crippen LogP contribution in [0.2, 0.25) is 0 Å². The molecule has 5 atom stereocenters. The van der Waals surface area contributed by atoms with Crippen molar-refractivity contribution < 1.29 is 21.2 Å². The summed E-state index contributed by atoms with van der Waals surface area (Å²) >= 11 is 0.292. The summed E-state index contributed by atoms with van der Waals surface area (Å²) in [6.07, 6.45) is 5.48. The van der Waals surface area contributed by atoms with Crippen LogP contribution >= 0.6 is 0 Å². The van der Waals surface area contributed by atoms with Crippen LogP contribution in [0.4, 0.5) is 0 Å². The van der Waals surface area contributed by atoms with Crippen molar-refractivity contribution in [1.29, 1.82) is 0 Å². The molecule has 0 aromatic carbocycles. The quantitative estimate of drug-likeness (QED) is 0.267. The molecule has 22 heavy (non-hydrogen) atoms. The summed E-state index contributed by atoms with van der Waals surface area (Å²) < 4.78 is 2.27. The predicted octanol–water partition coefficient (Wildman–Crippen LogP) is -2.08. The Morgan fingerprint density at radius 3 is 2.00 bits per heavy atom. The fourth-order valence-corrected chi connectivity index (χ4v) is 5.87. The third kappa shape index (κ3) is 6.99. The van der Waals surface area contributed by atoms with Crippen molar-refractivity contribution in [1.82, 2.24) is 21.3 Å². The molecule has 4 N–H and O–H groups in total. The Kier molecular flexibility index (Phi) is 8.97. The first-order chi connectivity index (χ1) is 10.6. The van der Waals surface area contributed by atoms with Gasteiger partial charge in [-0.3, -0.25) is 0 Å². The predicted molar refractivity (Wildman–Crippen MR) is 91.3 cm³/mol. The molecule has 0 amide bonds. The Labute approximate surface area is 147 Å².